The summed E-state index contributed by atoms with van der Waals surface area (Å²) >= 11 is 2.76. The van der Waals surface area contributed by atoms with E-state index >= 15 is 0 Å². The van der Waals surface area contributed by atoms with Gasteiger partial charge in [-0.2, -0.15) is 11.3 Å². The molecule has 0 atom stereocenters. The smallest absolute Gasteiger partial charge is 0.350 e. The lowest BCUT2D eigenvalue weighted by molar-refractivity contribution is -0.123. The third-order valence-corrected chi connectivity index (χ3v) is 4.74. The molecular weight excluding hydrogens is 350 g/mol. The number of thiophene rings is 1. The zero-order valence-electron chi connectivity index (χ0n) is 13.3. The summed E-state index contributed by atoms with van der Waals surface area (Å²) in [6, 6.07) is 1.31. The number of carbonyl (C=O) groups is 3. The summed E-state index contributed by atoms with van der Waals surface area (Å²) in [6.07, 6.45) is 0.758. The molecule has 0 bridgehead atoms. The SMILES string of the molecule is CCCNC(=O)NC(=O)COC(=O)c1sc(-c2ccsc2)nc1C. The fourth-order valence-corrected chi connectivity index (χ4v) is 3.41. The van der Waals surface area contributed by atoms with Gasteiger partial charge < -0.3 is 10.1 Å². The first-order valence-electron chi connectivity index (χ1n) is 7.26. The number of rotatable bonds is 6. The van der Waals surface area contributed by atoms with Gasteiger partial charge in [-0.25, -0.2) is 14.6 Å². The van der Waals surface area contributed by atoms with E-state index in [2.05, 4.69) is 15.6 Å². The average molecular weight is 367 g/mol. The Labute approximate surface area is 147 Å². The quantitative estimate of drug-likeness (QED) is 0.765. The molecule has 0 aliphatic heterocycles. The minimum Gasteiger partial charge on any atom is -0.451 e. The van der Waals surface area contributed by atoms with Crippen LogP contribution in [0.3, 0.4) is 0 Å². The number of hydrogen-bond donors (Lipinski definition) is 2. The summed E-state index contributed by atoms with van der Waals surface area (Å²) in [5.74, 6) is -1.31. The Balaban J connectivity index is 1.89. The van der Waals surface area contributed by atoms with Gasteiger partial charge in [0.1, 0.15) is 9.88 Å². The summed E-state index contributed by atoms with van der Waals surface area (Å²) < 4.78 is 4.95. The Bertz CT molecular complexity index is 725. The molecule has 2 N–H and O–H groups in total. The summed E-state index contributed by atoms with van der Waals surface area (Å²) in [5, 5.41) is 9.17. The number of aromatic nitrogens is 1. The molecule has 0 saturated carbocycles. The molecule has 2 aromatic heterocycles. The van der Waals surface area contributed by atoms with E-state index in [9.17, 15) is 14.4 Å². The largest absolute Gasteiger partial charge is 0.451 e. The van der Waals surface area contributed by atoms with Gasteiger partial charge in [-0.15, -0.1) is 11.3 Å². The second kappa shape index (κ2) is 8.55. The van der Waals surface area contributed by atoms with Crippen LogP contribution in [0.2, 0.25) is 0 Å². The number of carbonyl (C=O) groups excluding carboxylic acids is 3. The van der Waals surface area contributed by atoms with Gasteiger partial charge in [-0.1, -0.05) is 6.92 Å². The van der Waals surface area contributed by atoms with Crippen molar-refractivity contribution in [2.75, 3.05) is 13.2 Å². The Kier molecular flexibility index (Phi) is 6.44. The van der Waals surface area contributed by atoms with Crippen LogP contribution in [0.4, 0.5) is 4.79 Å². The van der Waals surface area contributed by atoms with Crippen LogP contribution in [0.25, 0.3) is 10.6 Å². The third kappa shape index (κ3) is 4.87. The zero-order chi connectivity index (χ0) is 17.5. The molecule has 0 aliphatic rings. The molecule has 24 heavy (non-hydrogen) atoms. The Hall–Kier alpha value is -2.26. The maximum atomic E-state index is 12.1. The molecule has 7 nitrogen and oxygen atoms in total. The highest BCUT2D eigenvalue weighted by Crippen LogP contribution is 2.29. The van der Waals surface area contributed by atoms with E-state index in [1.165, 1.54) is 11.3 Å². The lowest BCUT2D eigenvalue weighted by Gasteiger charge is -2.06. The number of ether oxygens (including phenoxy) is 1. The number of esters is 1. The van der Waals surface area contributed by atoms with Crippen LogP contribution in [0.5, 0.6) is 0 Å². The minimum absolute atomic E-state index is 0.347. The van der Waals surface area contributed by atoms with Crippen molar-refractivity contribution < 1.29 is 19.1 Å². The first kappa shape index (κ1) is 18.1. The fourth-order valence-electron chi connectivity index (χ4n) is 1.74. The molecule has 2 heterocycles. The van der Waals surface area contributed by atoms with E-state index < -0.39 is 24.5 Å². The number of nitrogens with one attached hydrogen (secondary N) is 2. The van der Waals surface area contributed by atoms with Crippen LogP contribution < -0.4 is 10.6 Å². The number of aryl methyl sites for hydroxylation is 1. The van der Waals surface area contributed by atoms with Crippen molar-refractivity contribution in [2.24, 2.45) is 0 Å². The van der Waals surface area contributed by atoms with Crippen molar-refractivity contribution in [3.8, 4) is 10.6 Å². The molecule has 128 valence electrons. The molecule has 0 spiro atoms. The Morgan fingerprint density at radius 3 is 2.79 bits per heavy atom. The predicted octanol–water partition coefficient (Wildman–Crippen LogP) is 2.57. The molecule has 0 aromatic carbocycles. The van der Waals surface area contributed by atoms with Crippen molar-refractivity contribution in [2.45, 2.75) is 20.3 Å². The molecule has 2 aromatic rings. The summed E-state index contributed by atoms with van der Waals surface area (Å²) in [5.41, 5.74) is 1.49. The van der Waals surface area contributed by atoms with E-state index in [0.29, 0.717) is 17.1 Å². The molecular formula is C15H17N3O4S2. The van der Waals surface area contributed by atoms with E-state index in [1.54, 1.807) is 18.3 Å². The van der Waals surface area contributed by atoms with E-state index in [0.717, 1.165) is 17.0 Å². The molecule has 3 amide bonds. The molecule has 0 unspecified atom stereocenters. The van der Waals surface area contributed by atoms with Crippen molar-refractivity contribution in [1.82, 2.24) is 15.6 Å². The average Bonchev–Trinajstić information content (AvgIpc) is 3.20. The third-order valence-electron chi connectivity index (χ3n) is 2.87. The van der Waals surface area contributed by atoms with Gasteiger partial charge in [-0.3, -0.25) is 10.1 Å². The maximum absolute atomic E-state index is 12.1. The molecule has 0 aliphatic carbocycles. The molecule has 9 heteroatoms. The zero-order valence-corrected chi connectivity index (χ0v) is 14.9. The summed E-state index contributed by atoms with van der Waals surface area (Å²) in [6.45, 7) is 3.54. The number of hydrogen-bond acceptors (Lipinski definition) is 7. The number of imide groups is 1. The first-order chi connectivity index (χ1) is 11.5. The number of thiazole rings is 1. The van der Waals surface area contributed by atoms with E-state index in [4.69, 9.17) is 4.74 Å². The first-order valence-corrected chi connectivity index (χ1v) is 9.02. The molecule has 0 fully saturated rings. The highest BCUT2D eigenvalue weighted by Gasteiger charge is 2.19. The summed E-state index contributed by atoms with van der Waals surface area (Å²) in [7, 11) is 0. The maximum Gasteiger partial charge on any atom is 0.350 e. The van der Waals surface area contributed by atoms with E-state index in [-0.39, 0.29) is 0 Å². The van der Waals surface area contributed by atoms with Crippen molar-refractivity contribution in [1.29, 1.82) is 0 Å². The van der Waals surface area contributed by atoms with Crippen LogP contribution >= 0.6 is 22.7 Å². The normalized spacial score (nSPS) is 10.2. The summed E-state index contributed by atoms with van der Waals surface area (Å²) in [4.78, 5) is 39.7. The number of nitrogens with zero attached hydrogens (tertiary/aromatic N) is 1. The molecule has 0 saturated heterocycles. The van der Waals surface area contributed by atoms with Crippen molar-refractivity contribution >= 4 is 40.6 Å². The fraction of sp³-hybridized carbons (Fsp3) is 0.333. The molecule has 2 rings (SSSR count). The molecule has 0 radical (unpaired) electrons. The lowest BCUT2D eigenvalue weighted by atomic mass is 10.3. The monoisotopic (exact) mass is 367 g/mol. The number of urea groups is 1. The Morgan fingerprint density at radius 2 is 2.12 bits per heavy atom. The number of amides is 3. The van der Waals surface area contributed by atoms with Gasteiger partial charge in [0.15, 0.2) is 6.61 Å². The second-order valence-electron chi connectivity index (χ2n) is 4.83. The Morgan fingerprint density at radius 1 is 1.33 bits per heavy atom. The van der Waals surface area contributed by atoms with Crippen LogP contribution in [-0.2, 0) is 9.53 Å². The van der Waals surface area contributed by atoms with Crippen LogP contribution in [0.15, 0.2) is 16.8 Å². The van der Waals surface area contributed by atoms with Crippen LogP contribution in [0, 0.1) is 6.92 Å². The van der Waals surface area contributed by atoms with Gasteiger partial charge in [0.25, 0.3) is 5.91 Å². The predicted molar refractivity (Wildman–Crippen MR) is 92.3 cm³/mol. The van der Waals surface area contributed by atoms with Gasteiger partial charge in [0, 0.05) is 17.5 Å². The van der Waals surface area contributed by atoms with Crippen LogP contribution in [-0.4, -0.2) is 36.0 Å². The van der Waals surface area contributed by atoms with Crippen LogP contribution in [0.1, 0.15) is 28.7 Å². The standard InChI is InChI=1S/C15H17N3O4S2/c1-3-5-16-15(21)18-11(19)7-22-14(20)12-9(2)17-13(24-12)10-4-6-23-8-10/h4,6,8H,3,5,7H2,1-2H3,(H2,16,18,19,21). The highest BCUT2D eigenvalue weighted by molar-refractivity contribution is 7.17. The van der Waals surface area contributed by atoms with E-state index in [1.807, 2.05) is 23.8 Å². The van der Waals surface area contributed by atoms with Gasteiger partial charge in [-0.05, 0) is 24.8 Å². The topological polar surface area (TPSA) is 97.4 Å². The highest BCUT2D eigenvalue weighted by atomic mass is 32.1. The minimum atomic E-state index is -0.683. The van der Waals surface area contributed by atoms with Gasteiger partial charge in [0.2, 0.25) is 0 Å². The lowest BCUT2D eigenvalue weighted by Crippen LogP contribution is -2.41. The van der Waals surface area contributed by atoms with Gasteiger partial charge in [0.05, 0.1) is 5.69 Å². The van der Waals surface area contributed by atoms with Crippen molar-refractivity contribution in [3.63, 3.8) is 0 Å². The van der Waals surface area contributed by atoms with Crippen molar-refractivity contribution in [3.05, 3.63) is 27.4 Å². The second-order valence-corrected chi connectivity index (χ2v) is 6.60. The van der Waals surface area contributed by atoms with Gasteiger partial charge >= 0.3 is 12.0 Å².